The van der Waals surface area contributed by atoms with Crippen molar-refractivity contribution >= 4 is 23.4 Å². The zero-order valence-electron chi connectivity index (χ0n) is 12.0. The van der Waals surface area contributed by atoms with Gasteiger partial charge in [-0.15, -0.1) is 0 Å². The molecule has 0 aliphatic heterocycles. The number of carbonyl (C=O) groups is 1. The first-order valence-corrected chi connectivity index (χ1v) is 8.01. The van der Waals surface area contributed by atoms with Gasteiger partial charge in [-0.1, -0.05) is 6.92 Å². The van der Waals surface area contributed by atoms with Crippen molar-refractivity contribution in [2.45, 2.75) is 19.5 Å². The summed E-state index contributed by atoms with van der Waals surface area (Å²) >= 11 is 1.55. The molecule has 21 heavy (non-hydrogen) atoms. The smallest absolute Gasteiger partial charge is 0.384 e. The summed E-state index contributed by atoms with van der Waals surface area (Å²) in [5.41, 5.74) is -0.370. The lowest BCUT2D eigenvalue weighted by atomic mass is 10.1. The maximum Gasteiger partial charge on any atom is 0.416 e. The fraction of sp³-hybridized carbons (Fsp3) is 0.500. The SMILES string of the molecule is CCCNc1ccc(C(F)(F)F)cc1C(=O)NCCSC. The van der Waals surface area contributed by atoms with Gasteiger partial charge in [0.15, 0.2) is 0 Å². The van der Waals surface area contributed by atoms with E-state index in [1.54, 1.807) is 11.8 Å². The molecule has 0 bridgehead atoms. The van der Waals surface area contributed by atoms with Gasteiger partial charge >= 0.3 is 6.18 Å². The van der Waals surface area contributed by atoms with Gasteiger partial charge in [0.25, 0.3) is 5.91 Å². The Kier molecular flexibility index (Phi) is 6.87. The van der Waals surface area contributed by atoms with Gasteiger partial charge in [0, 0.05) is 24.5 Å². The lowest BCUT2D eigenvalue weighted by Crippen LogP contribution is -2.27. The predicted molar refractivity (Wildman–Crippen MR) is 80.9 cm³/mol. The highest BCUT2D eigenvalue weighted by molar-refractivity contribution is 7.98. The van der Waals surface area contributed by atoms with Crippen LogP contribution in [0.5, 0.6) is 0 Å². The minimum Gasteiger partial charge on any atom is -0.384 e. The fourth-order valence-corrected chi connectivity index (χ4v) is 1.99. The van der Waals surface area contributed by atoms with Gasteiger partial charge in [0.05, 0.1) is 11.1 Å². The van der Waals surface area contributed by atoms with Crippen LogP contribution in [0.3, 0.4) is 0 Å². The molecule has 0 saturated carbocycles. The van der Waals surface area contributed by atoms with E-state index in [-0.39, 0.29) is 5.56 Å². The predicted octanol–water partition coefficient (Wildman–Crippen LogP) is 3.62. The Morgan fingerprint density at radius 1 is 1.29 bits per heavy atom. The van der Waals surface area contributed by atoms with Crippen LogP contribution in [-0.2, 0) is 6.18 Å². The van der Waals surface area contributed by atoms with Gasteiger partial charge in [0.2, 0.25) is 0 Å². The number of anilines is 1. The molecule has 2 N–H and O–H groups in total. The number of halogens is 3. The second kappa shape index (κ2) is 8.17. The first-order chi connectivity index (χ1) is 9.90. The van der Waals surface area contributed by atoms with E-state index in [0.717, 1.165) is 18.6 Å². The number of hydrogen-bond donors (Lipinski definition) is 2. The Balaban J connectivity index is 3.01. The van der Waals surface area contributed by atoms with Crippen LogP contribution in [0.4, 0.5) is 18.9 Å². The number of carbonyl (C=O) groups excluding carboxylic acids is 1. The fourth-order valence-electron chi connectivity index (χ4n) is 1.68. The van der Waals surface area contributed by atoms with E-state index in [1.807, 2.05) is 13.2 Å². The van der Waals surface area contributed by atoms with E-state index in [0.29, 0.717) is 24.5 Å². The maximum atomic E-state index is 12.8. The van der Waals surface area contributed by atoms with Gasteiger partial charge in [0.1, 0.15) is 0 Å². The van der Waals surface area contributed by atoms with Crippen molar-refractivity contribution in [3.63, 3.8) is 0 Å². The quantitative estimate of drug-likeness (QED) is 0.754. The minimum absolute atomic E-state index is 0.0272. The van der Waals surface area contributed by atoms with E-state index in [9.17, 15) is 18.0 Å². The number of thioether (sulfide) groups is 1. The minimum atomic E-state index is -4.46. The molecule has 118 valence electrons. The molecule has 0 unspecified atom stereocenters. The van der Waals surface area contributed by atoms with Crippen molar-refractivity contribution in [1.82, 2.24) is 5.32 Å². The van der Waals surface area contributed by atoms with Crippen LogP contribution < -0.4 is 10.6 Å². The zero-order chi connectivity index (χ0) is 15.9. The van der Waals surface area contributed by atoms with Gasteiger partial charge in [-0.25, -0.2) is 0 Å². The molecule has 3 nitrogen and oxygen atoms in total. The Morgan fingerprint density at radius 3 is 2.57 bits per heavy atom. The zero-order valence-corrected chi connectivity index (χ0v) is 12.8. The summed E-state index contributed by atoms with van der Waals surface area (Å²) in [5.74, 6) is 0.219. The standard InChI is InChI=1S/C14H19F3N2OS/c1-3-6-18-12-5-4-10(14(15,16)17)9-11(12)13(20)19-7-8-21-2/h4-5,9,18H,3,6-8H2,1-2H3,(H,19,20). The molecule has 1 aromatic rings. The molecule has 0 aliphatic carbocycles. The molecule has 1 rings (SSSR count). The molecule has 0 radical (unpaired) electrons. The number of alkyl halides is 3. The lowest BCUT2D eigenvalue weighted by Gasteiger charge is -2.14. The maximum absolute atomic E-state index is 12.8. The monoisotopic (exact) mass is 320 g/mol. The summed E-state index contributed by atoms with van der Waals surface area (Å²) in [7, 11) is 0. The van der Waals surface area contributed by atoms with E-state index in [1.165, 1.54) is 6.07 Å². The van der Waals surface area contributed by atoms with Crippen molar-refractivity contribution in [3.05, 3.63) is 29.3 Å². The highest BCUT2D eigenvalue weighted by Gasteiger charge is 2.31. The number of rotatable bonds is 7. The lowest BCUT2D eigenvalue weighted by molar-refractivity contribution is -0.137. The second-order valence-electron chi connectivity index (χ2n) is 4.43. The third-order valence-corrected chi connectivity index (χ3v) is 3.36. The summed E-state index contributed by atoms with van der Waals surface area (Å²) in [4.78, 5) is 12.1. The van der Waals surface area contributed by atoms with Crippen molar-refractivity contribution < 1.29 is 18.0 Å². The average Bonchev–Trinajstić information content (AvgIpc) is 2.44. The van der Waals surface area contributed by atoms with Crippen LogP contribution in [0.25, 0.3) is 0 Å². The summed E-state index contributed by atoms with van der Waals surface area (Å²) in [6, 6.07) is 3.19. The van der Waals surface area contributed by atoms with Crippen LogP contribution in [-0.4, -0.2) is 31.0 Å². The Hall–Kier alpha value is -1.37. The molecule has 0 atom stereocenters. The van der Waals surface area contributed by atoms with Gasteiger partial charge in [-0.05, 0) is 30.9 Å². The van der Waals surface area contributed by atoms with Gasteiger partial charge in [-0.3, -0.25) is 4.79 Å². The van der Waals surface area contributed by atoms with Gasteiger partial charge in [-0.2, -0.15) is 24.9 Å². The van der Waals surface area contributed by atoms with E-state index < -0.39 is 17.6 Å². The summed E-state index contributed by atoms with van der Waals surface area (Å²) < 4.78 is 38.3. The van der Waals surface area contributed by atoms with Crippen LogP contribution in [0.2, 0.25) is 0 Å². The molecule has 1 amide bonds. The normalized spacial score (nSPS) is 11.3. The molecule has 0 saturated heterocycles. The topological polar surface area (TPSA) is 41.1 Å². The summed E-state index contributed by atoms with van der Waals surface area (Å²) in [5, 5.41) is 5.61. The second-order valence-corrected chi connectivity index (χ2v) is 5.42. The van der Waals surface area contributed by atoms with E-state index >= 15 is 0 Å². The van der Waals surface area contributed by atoms with E-state index in [4.69, 9.17) is 0 Å². The van der Waals surface area contributed by atoms with E-state index in [2.05, 4.69) is 10.6 Å². The molecular weight excluding hydrogens is 301 g/mol. The third-order valence-electron chi connectivity index (χ3n) is 2.75. The van der Waals surface area contributed by atoms with Crippen LogP contribution >= 0.6 is 11.8 Å². The van der Waals surface area contributed by atoms with Crippen LogP contribution in [0.15, 0.2) is 18.2 Å². The molecule has 0 heterocycles. The average molecular weight is 320 g/mol. The van der Waals surface area contributed by atoms with Crippen molar-refractivity contribution in [1.29, 1.82) is 0 Å². The molecule has 0 aromatic heterocycles. The number of nitrogens with one attached hydrogen (secondary N) is 2. The Labute approximate surface area is 126 Å². The number of amides is 1. The summed E-state index contributed by atoms with van der Waals surface area (Å²) in [6.07, 6.45) is -1.75. The van der Waals surface area contributed by atoms with Crippen LogP contribution in [0, 0.1) is 0 Å². The molecular formula is C14H19F3N2OS. The first-order valence-electron chi connectivity index (χ1n) is 6.62. The largest absolute Gasteiger partial charge is 0.416 e. The summed E-state index contributed by atoms with van der Waals surface area (Å²) in [6.45, 7) is 2.95. The highest BCUT2D eigenvalue weighted by Crippen LogP contribution is 2.31. The Bertz CT molecular complexity index is 478. The van der Waals surface area contributed by atoms with Crippen molar-refractivity contribution in [2.24, 2.45) is 0 Å². The van der Waals surface area contributed by atoms with Gasteiger partial charge < -0.3 is 10.6 Å². The third kappa shape index (κ3) is 5.49. The highest BCUT2D eigenvalue weighted by atomic mass is 32.2. The molecule has 1 aromatic carbocycles. The molecule has 7 heteroatoms. The Morgan fingerprint density at radius 2 is 2.00 bits per heavy atom. The number of hydrogen-bond acceptors (Lipinski definition) is 3. The molecule has 0 spiro atoms. The van der Waals surface area contributed by atoms with Crippen molar-refractivity contribution in [3.8, 4) is 0 Å². The van der Waals surface area contributed by atoms with Crippen molar-refractivity contribution in [2.75, 3.05) is 30.4 Å². The molecule has 0 aliphatic rings. The van der Waals surface area contributed by atoms with Crippen LogP contribution in [0.1, 0.15) is 29.3 Å². The molecule has 0 fully saturated rings. The number of benzene rings is 1. The first kappa shape index (κ1) is 17.7.